The quantitative estimate of drug-likeness (QED) is 0.688. The Morgan fingerprint density at radius 2 is 1.75 bits per heavy atom. The molecule has 0 aliphatic carbocycles. The van der Waals surface area contributed by atoms with E-state index in [2.05, 4.69) is 31.9 Å². The number of alkyl halides is 6. The molecule has 0 aromatic heterocycles. The highest BCUT2D eigenvalue weighted by Gasteiger charge is 2.52. The molecule has 3 atom stereocenters. The monoisotopic (exact) mass is 388 g/mol. The van der Waals surface area contributed by atoms with Crippen LogP contribution in [-0.2, 0) is 0 Å². The van der Waals surface area contributed by atoms with Crippen LogP contribution in [0.1, 0.15) is 26.7 Å². The third-order valence-electron chi connectivity index (χ3n) is 2.16. The summed E-state index contributed by atoms with van der Waals surface area (Å²) < 4.78 is 34.8. The molecule has 0 fully saturated rings. The average Bonchev–Trinajstić information content (AvgIpc) is 1.99. The van der Waals surface area contributed by atoms with Crippen molar-refractivity contribution in [3.63, 3.8) is 0 Å². The minimum Gasteiger partial charge on any atom is -0.393 e. The van der Waals surface area contributed by atoms with Gasteiger partial charge in [0.15, 0.2) is 3.78 Å². The van der Waals surface area contributed by atoms with Crippen LogP contribution in [-0.4, -0.2) is 26.0 Å². The number of halogens is 6. The SMILES string of the molecule is CC(C)C(O)CC(Br)CC(Cl)(Br)C(F)(F)F. The van der Waals surface area contributed by atoms with Gasteiger partial charge < -0.3 is 5.11 Å². The first kappa shape index (κ1) is 17.0. The second kappa shape index (κ2) is 6.25. The molecule has 0 amide bonds. The van der Waals surface area contributed by atoms with Crippen molar-refractivity contribution in [1.29, 1.82) is 0 Å². The van der Waals surface area contributed by atoms with E-state index in [4.69, 9.17) is 11.6 Å². The van der Waals surface area contributed by atoms with Crippen LogP contribution in [0.4, 0.5) is 13.2 Å². The second-order valence-corrected chi connectivity index (χ2v) is 7.80. The summed E-state index contributed by atoms with van der Waals surface area (Å²) in [5, 5.41) is 9.53. The maximum absolute atomic E-state index is 12.4. The number of hydrogen-bond donors (Lipinski definition) is 1. The summed E-state index contributed by atoms with van der Waals surface area (Å²) in [6.07, 6.45) is -5.28. The zero-order valence-corrected chi connectivity index (χ0v) is 12.8. The second-order valence-electron chi connectivity index (χ2n) is 4.05. The summed E-state index contributed by atoms with van der Waals surface area (Å²) >= 11 is 10.9. The van der Waals surface area contributed by atoms with Crippen LogP contribution in [0.3, 0.4) is 0 Å². The number of aliphatic hydroxyl groups excluding tert-OH is 1. The molecule has 0 spiro atoms. The Balaban J connectivity index is 4.30. The molecule has 0 aromatic rings. The lowest BCUT2D eigenvalue weighted by atomic mass is 10.0. The molecule has 0 radical (unpaired) electrons. The Bertz CT molecular complexity index is 221. The van der Waals surface area contributed by atoms with E-state index >= 15 is 0 Å². The lowest BCUT2D eigenvalue weighted by molar-refractivity contribution is -0.139. The Hall–Kier alpha value is 1.000. The summed E-state index contributed by atoms with van der Waals surface area (Å²) in [5.41, 5.74) is 0. The molecule has 16 heavy (non-hydrogen) atoms. The number of rotatable bonds is 5. The molecular weight excluding hydrogens is 376 g/mol. The van der Waals surface area contributed by atoms with Gasteiger partial charge in [0.05, 0.1) is 6.10 Å². The lowest BCUT2D eigenvalue weighted by Crippen LogP contribution is -2.36. The van der Waals surface area contributed by atoms with Gasteiger partial charge in [-0.1, -0.05) is 57.3 Å². The summed E-state index contributed by atoms with van der Waals surface area (Å²) in [7, 11) is 0. The zero-order chi connectivity index (χ0) is 13.1. The van der Waals surface area contributed by atoms with E-state index in [-0.39, 0.29) is 18.8 Å². The third-order valence-corrected chi connectivity index (χ3v) is 4.00. The van der Waals surface area contributed by atoms with Crippen LogP contribution < -0.4 is 0 Å². The van der Waals surface area contributed by atoms with Crippen molar-refractivity contribution in [2.75, 3.05) is 0 Å². The highest BCUT2D eigenvalue weighted by atomic mass is 79.9. The van der Waals surface area contributed by atoms with Gasteiger partial charge in [0.1, 0.15) is 0 Å². The maximum Gasteiger partial charge on any atom is 0.417 e. The minimum atomic E-state index is -4.52. The molecule has 7 heteroatoms. The third kappa shape index (κ3) is 5.56. The summed E-state index contributed by atoms with van der Waals surface area (Å²) in [6.45, 7) is 3.60. The smallest absolute Gasteiger partial charge is 0.393 e. The zero-order valence-electron chi connectivity index (χ0n) is 8.86. The fraction of sp³-hybridized carbons (Fsp3) is 1.00. The van der Waals surface area contributed by atoms with Gasteiger partial charge in [0, 0.05) is 4.83 Å². The molecule has 0 saturated heterocycles. The predicted octanol–water partition coefficient (Wildman–Crippen LogP) is 4.44. The topological polar surface area (TPSA) is 20.2 Å². The largest absolute Gasteiger partial charge is 0.417 e. The van der Waals surface area contributed by atoms with E-state index in [9.17, 15) is 18.3 Å². The fourth-order valence-electron chi connectivity index (χ4n) is 1.01. The van der Waals surface area contributed by atoms with Gasteiger partial charge in [-0.2, -0.15) is 13.2 Å². The molecule has 0 heterocycles. The van der Waals surface area contributed by atoms with Gasteiger partial charge in [-0.25, -0.2) is 0 Å². The van der Waals surface area contributed by atoms with E-state index in [0.717, 1.165) is 0 Å². The van der Waals surface area contributed by atoms with Crippen LogP contribution in [0.5, 0.6) is 0 Å². The van der Waals surface area contributed by atoms with Crippen molar-refractivity contribution in [2.45, 2.75) is 47.6 Å². The Morgan fingerprint density at radius 1 is 1.31 bits per heavy atom. The van der Waals surface area contributed by atoms with Crippen molar-refractivity contribution in [1.82, 2.24) is 0 Å². The molecule has 3 unspecified atom stereocenters. The standard InChI is InChI=1S/C9H14Br2ClF3O/c1-5(2)7(16)3-6(10)4-8(11,12)9(13,14)15/h5-7,16H,3-4H2,1-2H3. The molecule has 0 bridgehead atoms. The van der Waals surface area contributed by atoms with Crippen molar-refractivity contribution in [3.05, 3.63) is 0 Å². The molecule has 0 aromatic carbocycles. The van der Waals surface area contributed by atoms with Crippen molar-refractivity contribution in [3.8, 4) is 0 Å². The first-order valence-electron chi connectivity index (χ1n) is 4.74. The van der Waals surface area contributed by atoms with Crippen LogP contribution in [0.15, 0.2) is 0 Å². The first-order valence-corrected chi connectivity index (χ1v) is 6.82. The molecule has 1 nitrogen and oxygen atoms in total. The van der Waals surface area contributed by atoms with Crippen molar-refractivity contribution in [2.24, 2.45) is 5.92 Å². The van der Waals surface area contributed by atoms with Gasteiger partial charge in [-0.05, 0) is 18.8 Å². The van der Waals surface area contributed by atoms with E-state index in [1.165, 1.54) is 0 Å². The molecule has 0 aliphatic rings. The van der Waals surface area contributed by atoms with E-state index in [1.54, 1.807) is 13.8 Å². The highest BCUT2D eigenvalue weighted by molar-refractivity contribution is 9.10. The van der Waals surface area contributed by atoms with Gasteiger partial charge in [0.25, 0.3) is 0 Å². The molecular formula is C9H14Br2ClF3O. The van der Waals surface area contributed by atoms with Crippen molar-refractivity contribution >= 4 is 43.5 Å². The Morgan fingerprint density at radius 3 is 2.06 bits per heavy atom. The molecule has 0 saturated carbocycles. The lowest BCUT2D eigenvalue weighted by Gasteiger charge is -2.27. The predicted molar refractivity (Wildman–Crippen MR) is 66.4 cm³/mol. The van der Waals surface area contributed by atoms with Crippen LogP contribution in [0, 0.1) is 5.92 Å². The van der Waals surface area contributed by atoms with Gasteiger partial charge in [-0.15, -0.1) is 0 Å². The van der Waals surface area contributed by atoms with Crippen LogP contribution >= 0.6 is 43.5 Å². The number of aliphatic hydroxyl groups is 1. The summed E-state index contributed by atoms with van der Waals surface area (Å²) in [6, 6.07) is 0. The number of hydrogen-bond acceptors (Lipinski definition) is 1. The minimum absolute atomic E-state index is 0.00554. The average molecular weight is 390 g/mol. The molecule has 1 N–H and O–H groups in total. The normalized spacial score (nSPS) is 20.6. The molecule has 0 aliphatic heterocycles. The Labute approximate surface area is 115 Å². The fourth-order valence-corrected chi connectivity index (χ4v) is 3.08. The first-order chi connectivity index (χ1) is 6.97. The Kier molecular flexibility index (Phi) is 6.64. The highest BCUT2D eigenvalue weighted by Crippen LogP contribution is 2.46. The van der Waals surface area contributed by atoms with Crippen LogP contribution in [0.2, 0.25) is 0 Å². The van der Waals surface area contributed by atoms with Gasteiger partial charge in [-0.3, -0.25) is 0 Å². The summed E-state index contributed by atoms with van der Waals surface area (Å²) in [5.74, 6) is 0.00554. The van der Waals surface area contributed by atoms with Gasteiger partial charge in [0.2, 0.25) is 0 Å². The van der Waals surface area contributed by atoms with E-state index < -0.39 is 20.9 Å². The molecule has 98 valence electrons. The van der Waals surface area contributed by atoms with Crippen LogP contribution in [0.25, 0.3) is 0 Å². The van der Waals surface area contributed by atoms with E-state index in [0.29, 0.717) is 0 Å². The van der Waals surface area contributed by atoms with Crippen molar-refractivity contribution < 1.29 is 18.3 Å². The maximum atomic E-state index is 12.4. The molecule has 0 rings (SSSR count). The summed E-state index contributed by atoms with van der Waals surface area (Å²) in [4.78, 5) is -0.497. The van der Waals surface area contributed by atoms with E-state index in [1.807, 2.05) is 0 Å². The van der Waals surface area contributed by atoms with Gasteiger partial charge >= 0.3 is 6.18 Å².